The van der Waals surface area contributed by atoms with Crippen LogP contribution < -0.4 is 0 Å². The normalized spacial score (nSPS) is 25.3. The summed E-state index contributed by atoms with van der Waals surface area (Å²) < 4.78 is 0. The highest BCUT2D eigenvalue weighted by atomic mass is 15.6. The van der Waals surface area contributed by atoms with Crippen LogP contribution in [0.3, 0.4) is 0 Å². The summed E-state index contributed by atoms with van der Waals surface area (Å²) in [5, 5.41) is 4.34. The lowest BCUT2D eigenvalue weighted by atomic mass is 9.98. The lowest BCUT2D eigenvalue weighted by molar-refractivity contribution is 0.0290. The average Bonchev–Trinajstić information content (AvgIpc) is 1.97. The molecule has 0 bridgehead atoms. The number of hydrogen-bond donors (Lipinski definition) is 0. The molecule has 0 fully saturated rings. The van der Waals surface area contributed by atoms with E-state index in [9.17, 15) is 0 Å². The number of hydrogen-bond acceptors (Lipinski definition) is 2. The van der Waals surface area contributed by atoms with Gasteiger partial charge in [0.05, 0.1) is 5.54 Å². The maximum Gasteiger partial charge on any atom is 0.0567 e. The average molecular weight is 140 g/mol. The first-order valence-corrected chi connectivity index (χ1v) is 3.61. The number of hydrazine groups is 1. The Morgan fingerprint density at radius 1 is 1.30 bits per heavy atom. The van der Waals surface area contributed by atoms with Crippen LogP contribution in [0.25, 0.3) is 0 Å². The number of likely N-dealkylation sites (N-methyl/N-ethyl adjacent to an activating group) is 1. The third-order valence-electron chi connectivity index (χ3n) is 2.63. The van der Waals surface area contributed by atoms with Crippen molar-refractivity contribution in [1.82, 2.24) is 10.0 Å². The van der Waals surface area contributed by atoms with Crippen molar-refractivity contribution < 1.29 is 0 Å². The van der Waals surface area contributed by atoms with E-state index in [1.165, 1.54) is 5.57 Å². The largest absolute Gasteiger partial charge is 0.316 e. The highest BCUT2D eigenvalue weighted by molar-refractivity contribution is 5.18. The topological polar surface area (TPSA) is 6.48 Å². The van der Waals surface area contributed by atoms with E-state index in [1.54, 1.807) is 0 Å². The maximum absolute atomic E-state index is 2.22. The monoisotopic (exact) mass is 140 g/mol. The molecular weight excluding hydrogens is 124 g/mol. The van der Waals surface area contributed by atoms with E-state index in [0.717, 1.165) is 0 Å². The molecule has 1 aliphatic heterocycles. The minimum Gasteiger partial charge on any atom is -0.316 e. The van der Waals surface area contributed by atoms with Gasteiger partial charge in [0.1, 0.15) is 0 Å². The van der Waals surface area contributed by atoms with Crippen molar-refractivity contribution in [3.05, 3.63) is 11.8 Å². The molecule has 0 saturated heterocycles. The summed E-state index contributed by atoms with van der Waals surface area (Å²) in [6.45, 7) is 6.62. The molecule has 0 atom stereocenters. The predicted octanol–water partition coefficient (Wildman–Crippen LogP) is 1.46. The Kier molecular flexibility index (Phi) is 1.51. The zero-order valence-electron chi connectivity index (χ0n) is 7.47. The Morgan fingerprint density at radius 2 is 1.80 bits per heavy atom. The van der Waals surface area contributed by atoms with Crippen molar-refractivity contribution in [2.45, 2.75) is 26.3 Å². The molecular formula is C8H16N2. The molecule has 2 nitrogen and oxygen atoms in total. The lowest BCUT2D eigenvalue weighted by Gasteiger charge is -2.33. The van der Waals surface area contributed by atoms with Crippen LogP contribution in [0, 0.1) is 0 Å². The molecule has 0 spiro atoms. The van der Waals surface area contributed by atoms with E-state index in [4.69, 9.17) is 0 Å². The molecule has 2 heteroatoms. The molecule has 1 aliphatic rings. The standard InChI is InChI=1S/C8H16N2/c1-7-6-9(4)10(5)8(7,2)3/h6H,1-5H3. The molecule has 0 aromatic heterocycles. The zero-order valence-corrected chi connectivity index (χ0v) is 7.47. The molecule has 58 valence electrons. The van der Waals surface area contributed by atoms with Crippen LogP contribution in [0.2, 0.25) is 0 Å². The van der Waals surface area contributed by atoms with Gasteiger partial charge in [-0.1, -0.05) is 0 Å². The van der Waals surface area contributed by atoms with Crippen molar-refractivity contribution in [2.75, 3.05) is 14.1 Å². The molecule has 10 heavy (non-hydrogen) atoms. The quantitative estimate of drug-likeness (QED) is 0.502. The molecule has 0 aromatic rings. The first-order valence-electron chi connectivity index (χ1n) is 3.61. The molecule has 0 radical (unpaired) electrons. The summed E-state index contributed by atoms with van der Waals surface area (Å²) in [5.74, 6) is 0. The molecule has 0 N–H and O–H groups in total. The van der Waals surface area contributed by atoms with Gasteiger partial charge in [0.2, 0.25) is 0 Å². The molecule has 0 amide bonds. The second-order valence-corrected chi connectivity index (χ2v) is 3.47. The molecule has 0 saturated carbocycles. The Morgan fingerprint density at radius 3 is 1.90 bits per heavy atom. The van der Waals surface area contributed by atoms with Crippen LogP contribution in [-0.4, -0.2) is 29.7 Å². The summed E-state index contributed by atoms with van der Waals surface area (Å²) >= 11 is 0. The van der Waals surface area contributed by atoms with Crippen LogP contribution in [-0.2, 0) is 0 Å². The van der Waals surface area contributed by atoms with Crippen molar-refractivity contribution in [3.8, 4) is 0 Å². The van der Waals surface area contributed by atoms with Gasteiger partial charge in [-0.05, 0) is 26.3 Å². The third kappa shape index (κ3) is 0.833. The van der Waals surface area contributed by atoms with Gasteiger partial charge in [0, 0.05) is 20.3 Å². The molecule has 0 aromatic carbocycles. The molecule has 1 rings (SSSR count). The fraction of sp³-hybridized carbons (Fsp3) is 0.750. The minimum atomic E-state index is 0.203. The summed E-state index contributed by atoms with van der Waals surface area (Å²) in [7, 11) is 4.17. The smallest absolute Gasteiger partial charge is 0.0567 e. The van der Waals surface area contributed by atoms with Gasteiger partial charge in [-0.25, -0.2) is 5.01 Å². The first kappa shape index (κ1) is 7.61. The first-order chi connectivity index (χ1) is 4.46. The van der Waals surface area contributed by atoms with E-state index < -0.39 is 0 Å². The predicted molar refractivity (Wildman–Crippen MR) is 43.4 cm³/mol. The summed E-state index contributed by atoms with van der Waals surface area (Å²) in [4.78, 5) is 0. The highest BCUT2D eigenvalue weighted by Gasteiger charge is 2.32. The van der Waals surface area contributed by atoms with Crippen LogP contribution in [0.4, 0.5) is 0 Å². The second-order valence-electron chi connectivity index (χ2n) is 3.47. The van der Waals surface area contributed by atoms with Gasteiger partial charge >= 0.3 is 0 Å². The zero-order chi connectivity index (χ0) is 7.94. The van der Waals surface area contributed by atoms with Crippen molar-refractivity contribution in [1.29, 1.82) is 0 Å². The van der Waals surface area contributed by atoms with E-state index in [2.05, 4.69) is 51.1 Å². The lowest BCUT2D eigenvalue weighted by Crippen LogP contribution is -2.43. The van der Waals surface area contributed by atoms with Crippen molar-refractivity contribution in [2.24, 2.45) is 0 Å². The van der Waals surface area contributed by atoms with Crippen LogP contribution >= 0.6 is 0 Å². The van der Waals surface area contributed by atoms with Gasteiger partial charge in [-0.3, -0.25) is 0 Å². The van der Waals surface area contributed by atoms with Crippen molar-refractivity contribution in [3.63, 3.8) is 0 Å². The Balaban J connectivity index is 2.89. The van der Waals surface area contributed by atoms with Crippen LogP contribution in [0.5, 0.6) is 0 Å². The van der Waals surface area contributed by atoms with Crippen molar-refractivity contribution >= 4 is 0 Å². The van der Waals surface area contributed by atoms with Crippen LogP contribution in [0.1, 0.15) is 20.8 Å². The van der Waals surface area contributed by atoms with E-state index in [-0.39, 0.29) is 5.54 Å². The summed E-state index contributed by atoms with van der Waals surface area (Å²) in [6, 6.07) is 0. The van der Waals surface area contributed by atoms with Gasteiger partial charge in [-0.15, -0.1) is 0 Å². The summed E-state index contributed by atoms with van der Waals surface area (Å²) in [6.07, 6.45) is 2.17. The molecule has 1 heterocycles. The highest BCUT2D eigenvalue weighted by Crippen LogP contribution is 2.29. The van der Waals surface area contributed by atoms with Gasteiger partial charge < -0.3 is 5.01 Å². The third-order valence-corrected chi connectivity index (χ3v) is 2.63. The Bertz CT molecular complexity index is 170. The second kappa shape index (κ2) is 1.99. The van der Waals surface area contributed by atoms with Gasteiger partial charge in [0.25, 0.3) is 0 Å². The molecule has 0 aliphatic carbocycles. The summed E-state index contributed by atoms with van der Waals surface area (Å²) in [5.41, 5.74) is 1.62. The molecule has 0 unspecified atom stereocenters. The number of rotatable bonds is 0. The van der Waals surface area contributed by atoms with E-state index in [0.29, 0.717) is 0 Å². The van der Waals surface area contributed by atoms with E-state index >= 15 is 0 Å². The van der Waals surface area contributed by atoms with Gasteiger partial charge in [-0.2, -0.15) is 0 Å². The van der Waals surface area contributed by atoms with E-state index in [1.807, 2.05) is 0 Å². The number of nitrogens with zero attached hydrogens (tertiary/aromatic N) is 2. The SMILES string of the molecule is CC1=CN(C)N(C)C1(C)C. The van der Waals surface area contributed by atoms with Crippen LogP contribution in [0.15, 0.2) is 11.8 Å². The Labute approximate surface area is 63.1 Å². The van der Waals surface area contributed by atoms with Gasteiger partial charge in [0.15, 0.2) is 0 Å². The fourth-order valence-corrected chi connectivity index (χ4v) is 1.17. The minimum absolute atomic E-state index is 0.203. The fourth-order valence-electron chi connectivity index (χ4n) is 1.17. The Hall–Kier alpha value is -0.500. The maximum atomic E-state index is 2.22.